The fraction of sp³-hybridized carbons (Fsp3) is 0.0638. The molecule has 0 aliphatic carbocycles. The molecule has 0 saturated heterocycles. The van der Waals surface area contributed by atoms with Crippen LogP contribution in [0.15, 0.2) is 95.2 Å². The van der Waals surface area contributed by atoms with Crippen LogP contribution in [0.25, 0.3) is 0 Å². The molecule has 0 spiro atoms. The van der Waals surface area contributed by atoms with Gasteiger partial charge in [-0.3, -0.25) is 0 Å². The minimum absolute atomic E-state index is 0.0808. The van der Waals surface area contributed by atoms with Gasteiger partial charge in [-0.2, -0.15) is 0 Å². The molecule has 8 aromatic rings. The van der Waals surface area contributed by atoms with Gasteiger partial charge in [0.2, 0.25) is 4.21 Å². The lowest BCUT2D eigenvalue weighted by Crippen LogP contribution is -2.81. The molecule has 26 heteroatoms. The molecule has 73 heavy (non-hydrogen) atoms. The zero-order valence-corrected chi connectivity index (χ0v) is 39.4. The summed E-state index contributed by atoms with van der Waals surface area (Å²) in [6, 6.07) is 26.6. The molecule has 0 unspecified atom stereocenters. The Hall–Kier alpha value is -6.12. The highest BCUT2D eigenvalue weighted by Gasteiger charge is 2.52. The van der Waals surface area contributed by atoms with Crippen molar-refractivity contribution >= 4 is 73.3 Å². The summed E-state index contributed by atoms with van der Waals surface area (Å²) < 4.78 is 303. The van der Waals surface area contributed by atoms with Crippen molar-refractivity contribution < 1.29 is 92.5 Å². The summed E-state index contributed by atoms with van der Waals surface area (Å²) in [5, 5.41) is 0.957. The van der Waals surface area contributed by atoms with Crippen LogP contribution < -0.4 is 26.6 Å². The van der Waals surface area contributed by atoms with Gasteiger partial charge in [-0.05, 0) is 56.3 Å². The average Bonchev–Trinajstić information content (AvgIpc) is 4.04. The molecule has 6 aromatic carbocycles. The Morgan fingerprint density at radius 1 is 0.342 bits per heavy atom. The van der Waals surface area contributed by atoms with Crippen molar-refractivity contribution in [1.29, 1.82) is 0 Å². The summed E-state index contributed by atoms with van der Waals surface area (Å²) in [7, 11) is 1.64. The molecular weight excluding hydrogens is 1100 g/mol. The molecule has 0 atom stereocenters. The van der Waals surface area contributed by atoms with Gasteiger partial charge >= 0.3 is 0 Å². The number of halogens is 20. The van der Waals surface area contributed by atoms with Crippen molar-refractivity contribution in [3.63, 3.8) is 0 Å². The largest absolute Gasteiger partial charge is 0.487 e. The van der Waals surface area contributed by atoms with Crippen LogP contribution in [0.3, 0.4) is 0 Å². The first-order chi connectivity index (χ1) is 34.3. The molecule has 0 aliphatic heterocycles. The number of aryl methyl sites for hydroxylation is 2. The van der Waals surface area contributed by atoms with Gasteiger partial charge in [0.25, 0.3) is 0 Å². The van der Waals surface area contributed by atoms with Crippen molar-refractivity contribution in [3.8, 4) is 5.06 Å². The Balaban J connectivity index is 0.000000237. The van der Waals surface area contributed by atoms with Crippen molar-refractivity contribution in [3.05, 3.63) is 200 Å². The van der Waals surface area contributed by atoms with Gasteiger partial charge in [0.05, 0.1) is 15.5 Å². The van der Waals surface area contributed by atoms with Crippen LogP contribution in [0.1, 0.15) is 11.1 Å². The van der Waals surface area contributed by atoms with Crippen molar-refractivity contribution in [1.82, 2.24) is 0 Å². The van der Waals surface area contributed by atoms with Crippen molar-refractivity contribution in [2.75, 3.05) is 7.11 Å². The third-order valence-electron chi connectivity index (χ3n) is 10.9. The first-order valence-corrected chi connectivity index (χ1v) is 23.5. The quantitative estimate of drug-likeness (QED) is 0.0444. The van der Waals surface area contributed by atoms with E-state index in [9.17, 15) is 52.7 Å². The Bertz CT molecular complexity index is 3030. The van der Waals surface area contributed by atoms with Crippen LogP contribution in [0.4, 0.5) is 87.8 Å². The van der Waals surface area contributed by atoms with E-state index in [0.717, 1.165) is 5.06 Å². The van der Waals surface area contributed by atoms with E-state index in [1.807, 2.05) is 29.2 Å². The first-order valence-electron chi connectivity index (χ1n) is 19.8. The molecule has 0 bridgehead atoms. The minimum Gasteiger partial charge on any atom is -0.487 e. The highest BCUT2D eigenvalue weighted by molar-refractivity contribution is 8.04. The number of rotatable bonds is 10. The highest BCUT2D eigenvalue weighted by Crippen LogP contribution is 2.43. The molecule has 8 rings (SSSR count). The second-order valence-corrected chi connectivity index (χ2v) is 21.2. The molecule has 0 radical (unpaired) electrons. The number of thiophene rings is 2. The summed E-state index contributed by atoms with van der Waals surface area (Å²) in [5.41, 5.74) is -11.7. The summed E-state index contributed by atoms with van der Waals surface area (Å²) in [4.78, 5) is 2.73. The Labute approximate surface area is 413 Å². The van der Waals surface area contributed by atoms with E-state index in [4.69, 9.17) is 4.74 Å². The Morgan fingerprint density at radius 2 is 0.603 bits per heavy atom. The van der Waals surface area contributed by atoms with E-state index < -0.39 is 144 Å². The summed E-state index contributed by atoms with van der Waals surface area (Å²) in [5.74, 6) is -71.4. The SMILES string of the molecule is COc1ccc(Sc2ccc([S+](c3ccc(C)cc3)c3ccc(C)cc3)s2)s1.Fc1c(F)c(F)c([B-](c2c(F)c(F)c(F)c(F)c2F)(c2c(F)c(F)c(F)c(F)c2F)c2c(F)c(F)c(F)c(F)c2F)c(F)c1F. The van der Waals surface area contributed by atoms with Gasteiger partial charge in [0.1, 0.15) is 63.6 Å². The maximum atomic E-state index is 15.4. The average molecular weight is 1120 g/mol. The highest BCUT2D eigenvalue weighted by atomic mass is 32.2. The monoisotopic (exact) mass is 1120 g/mol. The number of methoxy groups -OCH3 is 1. The normalized spacial score (nSPS) is 11.7. The van der Waals surface area contributed by atoms with Crippen LogP contribution in [0, 0.1) is 130 Å². The molecule has 0 aliphatic rings. The molecule has 0 amide bonds. The maximum Gasteiger partial charge on any atom is 0.221 e. The standard InChI is InChI=1S/C24BF20.C23H21OS4/c26-5-1(6(27)14(35)21(42)13(5)34)25(2-7(28)15(36)22(43)16(37)8(2)29,3-9(30)17(38)23(44)18(39)10(3)31)4-11(32)19(40)24(45)20(41)12(4)33;1-16-4-8-18(9-5-16)28(19-10-6-17(2)7-11-19)23-15-14-22(27-23)26-21-13-12-20(24-3)25-21/h;4-15H,1-3H3/q-1;+1. The van der Waals surface area contributed by atoms with E-state index in [-0.39, 0.29) is 10.9 Å². The number of hydrogen-bond acceptors (Lipinski definition) is 4. The van der Waals surface area contributed by atoms with Gasteiger partial charge in [-0.25, -0.2) is 87.8 Å². The second-order valence-electron chi connectivity index (χ2n) is 15.2. The third-order valence-corrected chi connectivity index (χ3v) is 16.9. The van der Waals surface area contributed by atoms with Crippen LogP contribution in [-0.4, -0.2) is 13.3 Å². The summed E-state index contributed by atoms with van der Waals surface area (Å²) in [6.45, 7) is 4.28. The maximum absolute atomic E-state index is 15.4. The zero-order valence-electron chi connectivity index (χ0n) is 36.1. The number of benzene rings is 6. The molecular formula is C47H21BF20OS4. The van der Waals surface area contributed by atoms with Crippen molar-refractivity contribution in [2.45, 2.75) is 36.3 Å². The fourth-order valence-electron chi connectivity index (χ4n) is 7.63. The lowest BCUT2D eigenvalue weighted by molar-refractivity contribution is 0.378. The predicted octanol–water partition coefficient (Wildman–Crippen LogP) is 13.5. The first kappa shape index (κ1) is 54.7. The van der Waals surface area contributed by atoms with E-state index in [1.165, 1.54) is 33.5 Å². The Morgan fingerprint density at radius 3 is 0.877 bits per heavy atom. The molecule has 2 aromatic heterocycles. The zero-order chi connectivity index (χ0) is 53.9. The molecule has 0 saturated carbocycles. The summed E-state index contributed by atoms with van der Waals surface area (Å²) >= 11 is 5.40. The smallest absolute Gasteiger partial charge is 0.221 e. The van der Waals surface area contributed by atoms with Crippen LogP contribution in [0.2, 0.25) is 0 Å². The Kier molecular flexibility index (Phi) is 15.7. The number of ether oxygens (including phenoxy) is 1. The van der Waals surface area contributed by atoms with Gasteiger partial charge in [-0.1, -0.05) is 69.8 Å². The van der Waals surface area contributed by atoms with Crippen LogP contribution in [0.5, 0.6) is 5.06 Å². The van der Waals surface area contributed by atoms with Gasteiger partial charge in [-0.15, -0.1) is 21.9 Å². The minimum atomic E-state index is -7.22. The van der Waals surface area contributed by atoms with Gasteiger partial charge in [0.15, 0.2) is 84.7 Å². The molecule has 1 nitrogen and oxygen atoms in total. The molecule has 2 heterocycles. The van der Waals surface area contributed by atoms with E-state index >= 15 is 35.1 Å². The van der Waals surface area contributed by atoms with Crippen LogP contribution >= 0.6 is 34.4 Å². The second kappa shape index (κ2) is 21.0. The van der Waals surface area contributed by atoms with Gasteiger partial charge in [0, 0.05) is 6.07 Å². The van der Waals surface area contributed by atoms with E-state index in [1.54, 1.807) is 18.4 Å². The lowest BCUT2D eigenvalue weighted by atomic mass is 9.12. The topological polar surface area (TPSA) is 9.23 Å². The number of hydrogen-bond donors (Lipinski definition) is 0. The van der Waals surface area contributed by atoms with Gasteiger partial charge < -0.3 is 4.74 Å². The molecule has 382 valence electrons. The lowest BCUT2D eigenvalue weighted by Gasteiger charge is -2.44. The molecule has 0 fully saturated rings. The predicted molar refractivity (Wildman–Crippen MR) is 233 cm³/mol. The van der Waals surface area contributed by atoms with E-state index in [0.29, 0.717) is 0 Å². The summed E-state index contributed by atoms with van der Waals surface area (Å²) in [6.07, 6.45) is -7.22. The van der Waals surface area contributed by atoms with Crippen LogP contribution in [-0.2, 0) is 10.9 Å². The fourth-order valence-corrected chi connectivity index (χ4v) is 13.8. The third kappa shape index (κ3) is 9.32. The van der Waals surface area contributed by atoms with E-state index in [2.05, 4.69) is 80.6 Å². The molecule has 0 N–H and O–H groups in total. The van der Waals surface area contributed by atoms with Crippen molar-refractivity contribution in [2.24, 2.45) is 0 Å².